The molecular formula is C17H17NO3. The maximum Gasteiger partial charge on any atom is 0.338 e. The lowest BCUT2D eigenvalue weighted by atomic mass is 10.1. The Hall–Kier alpha value is -2.62. The zero-order valence-corrected chi connectivity index (χ0v) is 12.3. The second-order valence-electron chi connectivity index (χ2n) is 4.87. The van der Waals surface area contributed by atoms with E-state index >= 15 is 0 Å². The highest BCUT2D eigenvalue weighted by molar-refractivity contribution is 6.11. The van der Waals surface area contributed by atoms with Gasteiger partial charge >= 0.3 is 5.97 Å². The predicted octanol–water partition coefficient (Wildman–Crippen LogP) is 3.34. The quantitative estimate of drug-likeness (QED) is 0.879. The summed E-state index contributed by atoms with van der Waals surface area (Å²) in [6, 6.07) is 12.4. The minimum atomic E-state index is -0.527. The van der Waals surface area contributed by atoms with Gasteiger partial charge in [0.05, 0.1) is 18.2 Å². The number of carbonyl (C=O) groups excluding carboxylic acids is 2. The standard InChI is InChI=1S/C17H17NO3/c1-11-8-12(2)10-13(9-11)18-16(19)14-6-4-5-7-15(14)17(20)21-3/h4-10H,1-3H3,(H,18,19). The molecule has 21 heavy (non-hydrogen) atoms. The van der Waals surface area contributed by atoms with Crippen molar-refractivity contribution in [3.8, 4) is 0 Å². The maximum absolute atomic E-state index is 12.4. The van der Waals surface area contributed by atoms with Gasteiger partial charge in [-0.15, -0.1) is 0 Å². The largest absolute Gasteiger partial charge is 0.465 e. The molecule has 1 amide bonds. The molecule has 0 heterocycles. The zero-order valence-electron chi connectivity index (χ0n) is 12.3. The summed E-state index contributed by atoms with van der Waals surface area (Å²) in [5, 5.41) is 2.81. The van der Waals surface area contributed by atoms with E-state index in [4.69, 9.17) is 4.74 Å². The number of methoxy groups -OCH3 is 1. The van der Waals surface area contributed by atoms with Crippen LogP contribution in [0.25, 0.3) is 0 Å². The van der Waals surface area contributed by atoms with Gasteiger partial charge in [-0.05, 0) is 49.2 Å². The lowest BCUT2D eigenvalue weighted by Gasteiger charge is -2.10. The van der Waals surface area contributed by atoms with E-state index in [1.165, 1.54) is 7.11 Å². The van der Waals surface area contributed by atoms with Crippen LogP contribution in [0.1, 0.15) is 31.8 Å². The summed E-state index contributed by atoms with van der Waals surface area (Å²) >= 11 is 0. The van der Waals surface area contributed by atoms with Crippen molar-refractivity contribution >= 4 is 17.6 Å². The number of hydrogen-bond acceptors (Lipinski definition) is 3. The van der Waals surface area contributed by atoms with Crippen molar-refractivity contribution in [2.45, 2.75) is 13.8 Å². The fourth-order valence-corrected chi connectivity index (χ4v) is 2.21. The average molecular weight is 283 g/mol. The summed E-state index contributed by atoms with van der Waals surface area (Å²) in [6.07, 6.45) is 0. The second kappa shape index (κ2) is 6.22. The normalized spacial score (nSPS) is 10.0. The van der Waals surface area contributed by atoms with Crippen molar-refractivity contribution < 1.29 is 14.3 Å². The van der Waals surface area contributed by atoms with Gasteiger partial charge in [0.15, 0.2) is 0 Å². The van der Waals surface area contributed by atoms with Gasteiger partial charge in [-0.25, -0.2) is 4.79 Å². The number of amides is 1. The Bertz CT molecular complexity index is 672. The number of nitrogens with one attached hydrogen (secondary N) is 1. The zero-order chi connectivity index (χ0) is 15.4. The van der Waals surface area contributed by atoms with Crippen LogP contribution in [0.4, 0.5) is 5.69 Å². The van der Waals surface area contributed by atoms with Crippen LogP contribution in [0.15, 0.2) is 42.5 Å². The summed E-state index contributed by atoms with van der Waals surface area (Å²) in [7, 11) is 1.29. The first-order valence-electron chi connectivity index (χ1n) is 6.58. The fraction of sp³-hybridized carbons (Fsp3) is 0.176. The fourth-order valence-electron chi connectivity index (χ4n) is 2.21. The van der Waals surface area contributed by atoms with E-state index in [9.17, 15) is 9.59 Å². The topological polar surface area (TPSA) is 55.4 Å². The summed E-state index contributed by atoms with van der Waals surface area (Å²) in [5.74, 6) is -0.859. The van der Waals surface area contributed by atoms with E-state index in [0.717, 1.165) is 11.1 Å². The van der Waals surface area contributed by atoms with Crippen molar-refractivity contribution in [2.24, 2.45) is 0 Å². The number of ether oxygens (including phenoxy) is 1. The molecule has 0 saturated carbocycles. The van der Waals surface area contributed by atoms with Crippen LogP contribution in [-0.2, 0) is 4.74 Å². The molecule has 0 radical (unpaired) electrons. The molecule has 4 nitrogen and oxygen atoms in total. The molecule has 0 fully saturated rings. The third kappa shape index (κ3) is 3.48. The van der Waals surface area contributed by atoms with Gasteiger partial charge in [-0.2, -0.15) is 0 Å². The number of rotatable bonds is 3. The molecule has 0 aliphatic rings. The van der Waals surface area contributed by atoms with Gasteiger partial charge in [0, 0.05) is 5.69 Å². The molecule has 2 aromatic rings. The number of benzene rings is 2. The SMILES string of the molecule is COC(=O)c1ccccc1C(=O)Nc1cc(C)cc(C)c1. The highest BCUT2D eigenvalue weighted by Crippen LogP contribution is 2.17. The van der Waals surface area contributed by atoms with E-state index in [1.807, 2.05) is 32.0 Å². The second-order valence-corrected chi connectivity index (χ2v) is 4.87. The Morgan fingerprint density at radius 3 is 2.10 bits per heavy atom. The Morgan fingerprint density at radius 2 is 1.52 bits per heavy atom. The lowest BCUT2D eigenvalue weighted by Crippen LogP contribution is -2.17. The van der Waals surface area contributed by atoms with Crippen molar-refractivity contribution in [1.29, 1.82) is 0 Å². The summed E-state index contributed by atoms with van der Waals surface area (Å²) in [4.78, 5) is 24.1. The smallest absolute Gasteiger partial charge is 0.338 e. The molecule has 0 unspecified atom stereocenters. The van der Waals surface area contributed by atoms with Gasteiger partial charge in [0.25, 0.3) is 5.91 Å². The van der Waals surface area contributed by atoms with Gasteiger partial charge < -0.3 is 10.1 Å². The van der Waals surface area contributed by atoms with Gasteiger partial charge in [-0.3, -0.25) is 4.79 Å². The van der Waals surface area contributed by atoms with Crippen molar-refractivity contribution in [1.82, 2.24) is 0 Å². The Balaban J connectivity index is 2.30. The molecular weight excluding hydrogens is 266 g/mol. The molecule has 0 aliphatic carbocycles. The summed E-state index contributed by atoms with van der Waals surface area (Å²) in [6.45, 7) is 3.93. The number of hydrogen-bond donors (Lipinski definition) is 1. The van der Waals surface area contributed by atoms with Crippen LogP contribution in [0, 0.1) is 13.8 Å². The number of carbonyl (C=O) groups is 2. The minimum absolute atomic E-state index is 0.252. The Labute approximate surface area is 123 Å². The van der Waals surface area contributed by atoms with E-state index in [2.05, 4.69) is 5.32 Å². The summed E-state index contributed by atoms with van der Waals surface area (Å²) in [5.41, 5.74) is 3.38. The van der Waals surface area contributed by atoms with Crippen molar-refractivity contribution in [3.05, 3.63) is 64.7 Å². The minimum Gasteiger partial charge on any atom is -0.465 e. The van der Waals surface area contributed by atoms with Gasteiger partial charge in [0.2, 0.25) is 0 Å². The lowest BCUT2D eigenvalue weighted by molar-refractivity contribution is 0.0597. The first-order chi connectivity index (χ1) is 10.0. The summed E-state index contributed by atoms with van der Waals surface area (Å²) < 4.78 is 4.70. The third-order valence-electron chi connectivity index (χ3n) is 3.06. The number of anilines is 1. The molecule has 0 saturated heterocycles. The molecule has 0 aliphatic heterocycles. The molecule has 0 aromatic heterocycles. The van der Waals surface area contributed by atoms with Gasteiger partial charge in [0.1, 0.15) is 0 Å². The maximum atomic E-state index is 12.4. The Kier molecular flexibility index (Phi) is 4.38. The van der Waals surface area contributed by atoms with Crippen LogP contribution < -0.4 is 5.32 Å². The predicted molar refractivity (Wildman–Crippen MR) is 81.7 cm³/mol. The van der Waals surface area contributed by atoms with Crippen molar-refractivity contribution in [3.63, 3.8) is 0 Å². The molecule has 0 atom stereocenters. The van der Waals surface area contributed by atoms with Gasteiger partial charge in [-0.1, -0.05) is 18.2 Å². The number of esters is 1. The molecule has 108 valence electrons. The highest BCUT2D eigenvalue weighted by atomic mass is 16.5. The Morgan fingerprint density at radius 1 is 0.952 bits per heavy atom. The van der Waals surface area contributed by atoms with E-state index in [1.54, 1.807) is 24.3 Å². The third-order valence-corrected chi connectivity index (χ3v) is 3.06. The highest BCUT2D eigenvalue weighted by Gasteiger charge is 2.17. The molecule has 2 rings (SSSR count). The first kappa shape index (κ1) is 14.8. The number of aryl methyl sites for hydroxylation is 2. The van der Waals surface area contributed by atoms with Crippen LogP contribution in [0.2, 0.25) is 0 Å². The molecule has 0 spiro atoms. The van der Waals surface area contributed by atoms with E-state index in [0.29, 0.717) is 11.3 Å². The van der Waals surface area contributed by atoms with Crippen LogP contribution in [0.5, 0.6) is 0 Å². The average Bonchev–Trinajstić information content (AvgIpc) is 2.45. The van der Waals surface area contributed by atoms with Crippen molar-refractivity contribution in [2.75, 3.05) is 12.4 Å². The van der Waals surface area contributed by atoms with Crippen LogP contribution in [-0.4, -0.2) is 19.0 Å². The van der Waals surface area contributed by atoms with Crippen LogP contribution >= 0.6 is 0 Å². The van der Waals surface area contributed by atoms with Crippen LogP contribution in [0.3, 0.4) is 0 Å². The van der Waals surface area contributed by atoms with E-state index < -0.39 is 5.97 Å². The first-order valence-corrected chi connectivity index (χ1v) is 6.58. The molecule has 4 heteroatoms. The monoisotopic (exact) mass is 283 g/mol. The van der Waals surface area contributed by atoms with E-state index in [-0.39, 0.29) is 11.5 Å². The molecule has 0 bridgehead atoms. The molecule has 1 N–H and O–H groups in total. The molecule has 2 aromatic carbocycles.